The van der Waals surface area contributed by atoms with E-state index in [2.05, 4.69) is 27.8 Å². The molecule has 1 rings (SSSR count). The molecule has 128 valence electrons. The average Bonchev–Trinajstić information content (AvgIpc) is 2.56. The second kappa shape index (κ2) is 11.5. The molecule has 4 nitrogen and oxygen atoms in total. The van der Waals surface area contributed by atoms with Crippen LogP contribution < -0.4 is 0 Å². The van der Waals surface area contributed by atoms with Gasteiger partial charge in [0.05, 0.1) is 13.2 Å². The Kier molecular flexibility index (Phi) is 9.55. The Bertz CT molecular complexity index is 605. The van der Waals surface area contributed by atoms with E-state index in [0.717, 1.165) is 10.9 Å². The number of allylic oxidation sites excluding steroid dienone is 1. The van der Waals surface area contributed by atoms with Crippen molar-refractivity contribution in [1.82, 2.24) is 0 Å². The van der Waals surface area contributed by atoms with Crippen molar-refractivity contribution in [2.24, 2.45) is 5.92 Å². The topological polar surface area (TPSA) is 52.6 Å². The van der Waals surface area contributed by atoms with Gasteiger partial charge in [0.2, 0.25) is 0 Å². The third-order valence-electron chi connectivity index (χ3n) is 3.01. The number of hydrogen-bond acceptors (Lipinski definition) is 4. The van der Waals surface area contributed by atoms with Gasteiger partial charge in [0.1, 0.15) is 0 Å². The van der Waals surface area contributed by atoms with Gasteiger partial charge in [0, 0.05) is 10.9 Å². The zero-order valence-corrected chi connectivity index (χ0v) is 15.5. The zero-order valence-electron chi connectivity index (χ0n) is 13.9. The molecule has 0 saturated carbocycles. The van der Waals surface area contributed by atoms with Gasteiger partial charge in [-0.05, 0) is 44.0 Å². The third-order valence-corrected chi connectivity index (χ3v) is 3.54. The second-order valence-corrected chi connectivity index (χ2v) is 5.70. The molecule has 0 atom stereocenters. The molecule has 0 radical (unpaired) electrons. The standard InChI is InChI=1S/C19H21BrO4/c1-3-23-18(21)17(19(22)24-4-2)10-8-6-5-7-9-15-11-13-16(20)14-12-15/h8,10-14,17H,3-4,7,9H2,1-2H3/b10-8+. The van der Waals surface area contributed by atoms with Gasteiger partial charge in [0.25, 0.3) is 0 Å². The van der Waals surface area contributed by atoms with Crippen LogP contribution in [0.15, 0.2) is 40.9 Å². The highest BCUT2D eigenvalue weighted by atomic mass is 79.9. The SMILES string of the molecule is CCOC(=O)C(/C=C/C#CCCc1ccc(Br)cc1)C(=O)OCC. The van der Waals surface area contributed by atoms with E-state index in [1.165, 1.54) is 17.7 Å². The van der Waals surface area contributed by atoms with Crippen molar-refractivity contribution in [3.63, 3.8) is 0 Å². The second-order valence-electron chi connectivity index (χ2n) is 4.79. The summed E-state index contributed by atoms with van der Waals surface area (Å²) in [7, 11) is 0. The lowest BCUT2D eigenvalue weighted by atomic mass is 10.1. The fourth-order valence-corrected chi connectivity index (χ4v) is 2.12. The minimum Gasteiger partial charge on any atom is -0.465 e. The van der Waals surface area contributed by atoms with Gasteiger partial charge in [-0.1, -0.05) is 46.0 Å². The first-order valence-electron chi connectivity index (χ1n) is 7.81. The molecular weight excluding hydrogens is 372 g/mol. The van der Waals surface area contributed by atoms with E-state index >= 15 is 0 Å². The Balaban J connectivity index is 2.56. The molecule has 24 heavy (non-hydrogen) atoms. The van der Waals surface area contributed by atoms with E-state index in [-0.39, 0.29) is 13.2 Å². The van der Waals surface area contributed by atoms with E-state index in [1.807, 2.05) is 24.3 Å². The Morgan fingerprint density at radius 2 is 1.71 bits per heavy atom. The van der Waals surface area contributed by atoms with Crippen LogP contribution in [0.5, 0.6) is 0 Å². The molecule has 0 saturated heterocycles. The van der Waals surface area contributed by atoms with Crippen LogP contribution >= 0.6 is 15.9 Å². The van der Waals surface area contributed by atoms with Crippen molar-refractivity contribution in [3.05, 3.63) is 46.5 Å². The maximum atomic E-state index is 11.8. The van der Waals surface area contributed by atoms with Crippen molar-refractivity contribution >= 4 is 27.9 Å². The largest absolute Gasteiger partial charge is 0.465 e. The summed E-state index contributed by atoms with van der Waals surface area (Å²) in [6, 6.07) is 8.07. The van der Waals surface area contributed by atoms with Crippen molar-refractivity contribution in [2.45, 2.75) is 26.7 Å². The molecule has 0 aliphatic heterocycles. The third kappa shape index (κ3) is 7.47. The summed E-state index contributed by atoms with van der Waals surface area (Å²) in [4.78, 5) is 23.5. The molecule has 0 N–H and O–H groups in total. The fraction of sp³-hybridized carbons (Fsp3) is 0.368. The first-order chi connectivity index (χ1) is 11.6. The predicted octanol–water partition coefficient (Wildman–Crippen LogP) is 3.68. The molecule has 1 aromatic rings. The maximum Gasteiger partial charge on any atom is 0.324 e. The van der Waals surface area contributed by atoms with E-state index in [9.17, 15) is 9.59 Å². The molecule has 0 spiro atoms. The van der Waals surface area contributed by atoms with E-state index < -0.39 is 17.9 Å². The van der Waals surface area contributed by atoms with E-state index in [4.69, 9.17) is 9.47 Å². The Morgan fingerprint density at radius 1 is 1.12 bits per heavy atom. The molecule has 0 amide bonds. The molecule has 0 bridgehead atoms. The fourth-order valence-electron chi connectivity index (χ4n) is 1.85. The molecule has 0 aliphatic rings. The minimum absolute atomic E-state index is 0.210. The summed E-state index contributed by atoms with van der Waals surface area (Å²) in [5.41, 5.74) is 1.20. The van der Waals surface area contributed by atoms with Gasteiger partial charge >= 0.3 is 11.9 Å². The lowest BCUT2D eigenvalue weighted by molar-refractivity contribution is -0.158. The number of esters is 2. The highest BCUT2D eigenvalue weighted by Crippen LogP contribution is 2.11. The van der Waals surface area contributed by atoms with Gasteiger partial charge in [-0.3, -0.25) is 9.59 Å². The van der Waals surface area contributed by atoms with Crippen LogP contribution in [0, 0.1) is 17.8 Å². The number of hydrogen-bond donors (Lipinski definition) is 0. The van der Waals surface area contributed by atoms with Crippen LogP contribution in [0.25, 0.3) is 0 Å². The number of ether oxygens (including phenoxy) is 2. The molecular formula is C19H21BrO4. The Hall–Kier alpha value is -2.06. The van der Waals surface area contributed by atoms with Crippen LogP contribution in [0.4, 0.5) is 0 Å². The number of carbonyl (C=O) groups excluding carboxylic acids is 2. The molecule has 5 heteroatoms. The number of carbonyl (C=O) groups is 2. The van der Waals surface area contributed by atoms with Gasteiger partial charge in [0.15, 0.2) is 5.92 Å². The van der Waals surface area contributed by atoms with Crippen LogP contribution in [-0.4, -0.2) is 25.2 Å². The van der Waals surface area contributed by atoms with Crippen molar-refractivity contribution in [2.75, 3.05) is 13.2 Å². The lowest BCUT2D eigenvalue weighted by Crippen LogP contribution is -2.26. The molecule has 0 unspecified atom stereocenters. The molecule has 0 aliphatic carbocycles. The number of aryl methyl sites for hydroxylation is 1. The highest BCUT2D eigenvalue weighted by Gasteiger charge is 2.26. The maximum absolute atomic E-state index is 11.8. The normalized spacial score (nSPS) is 10.3. The van der Waals surface area contributed by atoms with Gasteiger partial charge < -0.3 is 9.47 Å². The minimum atomic E-state index is -1.06. The number of halogens is 1. The molecule has 0 aromatic heterocycles. The average molecular weight is 393 g/mol. The summed E-state index contributed by atoms with van der Waals surface area (Å²) in [6.07, 6.45) is 4.45. The quantitative estimate of drug-likeness (QED) is 0.403. The van der Waals surface area contributed by atoms with Crippen molar-refractivity contribution in [1.29, 1.82) is 0 Å². The summed E-state index contributed by atoms with van der Waals surface area (Å²) in [5.74, 6) is 3.52. The number of rotatable bonds is 7. The number of benzene rings is 1. The molecule has 0 heterocycles. The molecule has 0 fully saturated rings. The molecule has 1 aromatic carbocycles. The van der Waals surface area contributed by atoms with Crippen LogP contribution in [-0.2, 0) is 25.5 Å². The first-order valence-corrected chi connectivity index (χ1v) is 8.60. The van der Waals surface area contributed by atoms with Crippen LogP contribution in [0.1, 0.15) is 25.8 Å². The van der Waals surface area contributed by atoms with Crippen molar-refractivity contribution in [3.8, 4) is 11.8 Å². The predicted molar refractivity (Wildman–Crippen MR) is 96.1 cm³/mol. The Morgan fingerprint density at radius 3 is 2.25 bits per heavy atom. The van der Waals surface area contributed by atoms with E-state index in [0.29, 0.717) is 6.42 Å². The van der Waals surface area contributed by atoms with E-state index in [1.54, 1.807) is 13.8 Å². The van der Waals surface area contributed by atoms with Crippen LogP contribution in [0.3, 0.4) is 0 Å². The summed E-state index contributed by atoms with van der Waals surface area (Å²) in [6.45, 7) is 3.79. The monoisotopic (exact) mass is 392 g/mol. The lowest BCUT2D eigenvalue weighted by Gasteiger charge is -2.09. The summed E-state index contributed by atoms with van der Waals surface area (Å²) in [5, 5.41) is 0. The van der Waals surface area contributed by atoms with Gasteiger partial charge in [-0.15, -0.1) is 0 Å². The summed E-state index contributed by atoms with van der Waals surface area (Å²) >= 11 is 3.39. The smallest absolute Gasteiger partial charge is 0.324 e. The van der Waals surface area contributed by atoms with Gasteiger partial charge in [-0.25, -0.2) is 0 Å². The Labute approximate surface area is 151 Å². The van der Waals surface area contributed by atoms with Crippen molar-refractivity contribution < 1.29 is 19.1 Å². The van der Waals surface area contributed by atoms with Gasteiger partial charge in [-0.2, -0.15) is 0 Å². The van der Waals surface area contributed by atoms with Crippen LogP contribution in [0.2, 0.25) is 0 Å². The first kappa shape index (κ1) is 20.0. The zero-order chi connectivity index (χ0) is 17.8. The highest BCUT2D eigenvalue weighted by molar-refractivity contribution is 9.10. The summed E-state index contributed by atoms with van der Waals surface area (Å²) < 4.78 is 10.8.